The molecule has 0 heterocycles. The summed E-state index contributed by atoms with van der Waals surface area (Å²) < 4.78 is 0. The van der Waals surface area contributed by atoms with Crippen LogP contribution in [-0.4, -0.2) is 12.1 Å². The second-order valence-corrected chi connectivity index (χ2v) is 4.12. The van der Waals surface area contributed by atoms with E-state index in [0.29, 0.717) is 12.0 Å². The van der Waals surface area contributed by atoms with Gasteiger partial charge in [-0.2, -0.15) is 0 Å². The van der Waals surface area contributed by atoms with Gasteiger partial charge in [-0.1, -0.05) is 13.8 Å². The van der Waals surface area contributed by atoms with E-state index in [0.717, 1.165) is 12.3 Å². The van der Waals surface area contributed by atoms with E-state index in [-0.39, 0.29) is 6.03 Å². The van der Waals surface area contributed by atoms with E-state index in [1.54, 1.807) is 0 Å². The van der Waals surface area contributed by atoms with Gasteiger partial charge in [-0.25, -0.2) is 10.6 Å². The molecular weight excluding hydrogens is 166 g/mol. The first-order chi connectivity index (χ1) is 6.13. The molecule has 0 aromatic carbocycles. The summed E-state index contributed by atoms with van der Waals surface area (Å²) in [5.74, 6) is 6.34. The predicted molar refractivity (Wildman–Crippen MR) is 51.8 cm³/mol. The van der Waals surface area contributed by atoms with Crippen molar-refractivity contribution in [3.8, 4) is 0 Å². The minimum Gasteiger partial charge on any atom is -0.334 e. The lowest BCUT2D eigenvalue weighted by Gasteiger charge is -2.32. The second kappa shape index (κ2) is 4.46. The molecule has 4 heteroatoms. The fraction of sp³-hybridized carbons (Fsp3) is 0.889. The molecule has 4 nitrogen and oxygen atoms in total. The number of hydrogen-bond acceptors (Lipinski definition) is 2. The minimum absolute atomic E-state index is 0.272. The van der Waals surface area contributed by atoms with Gasteiger partial charge < -0.3 is 5.32 Å². The molecule has 0 saturated heterocycles. The zero-order chi connectivity index (χ0) is 9.84. The fourth-order valence-electron chi connectivity index (χ4n) is 2.09. The molecule has 0 radical (unpaired) electrons. The molecule has 76 valence electrons. The standard InChI is InChI=1S/C9H19N3O/c1-6-3-4-8(7(2)5-6)11-9(13)12-10/h6-8H,3-5,10H2,1-2H3,(H2,11,12,13). The summed E-state index contributed by atoms with van der Waals surface area (Å²) in [6.45, 7) is 4.44. The first-order valence-corrected chi connectivity index (χ1v) is 4.90. The molecule has 0 aromatic rings. The van der Waals surface area contributed by atoms with Crippen molar-refractivity contribution in [2.24, 2.45) is 17.7 Å². The molecule has 1 fully saturated rings. The molecule has 1 saturated carbocycles. The fourth-order valence-corrected chi connectivity index (χ4v) is 2.09. The van der Waals surface area contributed by atoms with Crippen LogP contribution in [0.3, 0.4) is 0 Å². The Kier molecular flexibility index (Phi) is 3.54. The molecule has 0 aliphatic heterocycles. The van der Waals surface area contributed by atoms with E-state index in [1.807, 2.05) is 0 Å². The maximum absolute atomic E-state index is 11.0. The highest BCUT2D eigenvalue weighted by Gasteiger charge is 2.26. The molecule has 0 aromatic heterocycles. The van der Waals surface area contributed by atoms with Crippen LogP contribution >= 0.6 is 0 Å². The topological polar surface area (TPSA) is 67.2 Å². The number of carbonyl (C=O) groups excluding carboxylic acids is 1. The molecule has 0 spiro atoms. The number of hydrogen-bond donors (Lipinski definition) is 3. The third kappa shape index (κ3) is 2.88. The van der Waals surface area contributed by atoms with E-state index < -0.39 is 0 Å². The second-order valence-electron chi connectivity index (χ2n) is 4.12. The lowest BCUT2D eigenvalue weighted by atomic mass is 9.80. The van der Waals surface area contributed by atoms with Crippen LogP contribution in [0, 0.1) is 11.8 Å². The first-order valence-electron chi connectivity index (χ1n) is 4.90. The monoisotopic (exact) mass is 185 g/mol. The van der Waals surface area contributed by atoms with E-state index in [9.17, 15) is 4.79 Å². The largest absolute Gasteiger partial charge is 0.334 e. The predicted octanol–water partition coefficient (Wildman–Crippen LogP) is 0.984. The van der Waals surface area contributed by atoms with Crippen molar-refractivity contribution in [1.29, 1.82) is 0 Å². The molecule has 1 aliphatic carbocycles. The third-order valence-corrected chi connectivity index (χ3v) is 2.88. The van der Waals surface area contributed by atoms with Gasteiger partial charge in [-0.05, 0) is 31.1 Å². The van der Waals surface area contributed by atoms with Gasteiger partial charge in [0, 0.05) is 6.04 Å². The summed E-state index contributed by atoms with van der Waals surface area (Å²) >= 11 is 0. The Balaban J connectivity index is 2.38. The Morgan fingerprint density at radius 2 is 2.08 bits per heavy atom. The Morgan fingerprint density at radius 3 is 2.62 bits per heavy atom. The molecule has 3 unspecified atom stereocenters. The van der Waals surface area contributed by atoms with Crippen LogP contribution < -0.4 is 16.6 Å². The molecule has 1 aliphatic rings. The lowest BCUT2D eigenvalue weighted by molar-refractivity contribution is 0.207. The number of amides is 2. The average molecular weight is 185 g/mol. The van der Waals surface area contributed by atoms with Crippen LogP contribution in [-0.2, 0) is 0 Å². The van der Waals surface area contributed by atoms with Crippen molar-refractivity contribution < 1.29 is 4.79 Å². The van der Waals surface area contributed by atoms with E-state index in [2.05, 4.69) is 24.6 Å². The summed E-state index contributed by atoms with van der Waals surface area (Å²) in [5.41, 5.74) is 2.09. The third-order valence-electron chi connectivity index (χ3n) is 2.88. The summed E-state index contributed by atoms with van der Waals surface area (Å²) in [6, 6.07) is 0.0196. The van der Waals surface area contributed by atoms with E-state index >= 15 is 0 Å². The quantitative estimate of drug-likeness (QED) is 0.324. The zero-order valence-electron chi connectivity index (χ0n) is 8.34. The molecule has 2 amide bonds. The van der Waals surface area contributed by atoms with Gasteiger partial charge in [-0.3, -0.25) is 5.43 Å². The summed E-state index contributed by atoms with van der Waals surface area (Å²) in [4.78, 5) is 11.0. The summed E-state index contributed by atoms with van der Waals surface area (Å²) in [5, 5.41) is 2.86. The number of nitrogens with two attached hydrogens (primary N) is 1. The highest BCUT2D eigenvalue weighted by molar-refractivity contribution is 5.73. The number of carbonyl (C=O) groups is 1. The molecule has 3 atom stereocenters. The van der Waals surface area contributed by atoms with Crippen molar-refractivity contribution in [2.45, 2.75) is 39.2 Å². The van der Waals surface area contributed by atoms with Crippen LogP contribution in [0.2, 0.25) is 0 Å². The van der Waals surface area contributed by atoms with Crippen LogP contribution in [0.25, 0.3) is 0 Å². The first kappa shape index (κ1) is 10.3. The smallest absolute Gasteiger partial charge is 0.329 e. The Bertz CT molecular complexity index is 184. The highest BCUT2D eigenvalue weighted by Crippen LogP contribution is 2.28. The number of urea groups is 1. The molecular formula is C9H19N3O. The number of nitrogens with one attached hydrogen (secondary N) is 2. The zero-order valence-corrected chi connectivity index (χ0v) is 8.34. The molecule has 4 N–H and O–H groups in total. The van der Waals surface area contributed by atoms with Crippen LogP contribution in [0.1, 0.15) is 33.1 Å². The molecule has 1 rings (SSSR count). The Morgan fingerprint density at radius 1 is 1.38 bits per heavy atom. The van der Waals surface area contributed by atoms with Gasteiger partial charge in [0.25, 0.3) is 0 Å². The number of rotatable bonds is 1. The van der Waals surface area contributed by atoms with Gasteiger partial charge in [0.1, 0.15) is 0 Å². The van der Waals surface area contributed by atoms with Crippen molar-refractivity contribution in [3.05, 3.63) is 0 Å². The number of hydrazine groups is 1. The SMILES string of the molecule is CC1CCC(NC(=O)NN)C(C)C1. The average Bonchev–Trinajstić information content (AvgIpc) is 2.09. The highest BCUT2D eigenvalue weighted by atomic mass is 16.2. The van der Waals surface area contributed by atoms with Crippen molar-refractivity contribution in [1.82, 2.24) is 10.7 Å². The summed E-state index contributed by atoms with van der Waals surface area (Å²) in [6.07, 6.45) is 3.45. The van der Waals surface area contributed by atoms with Crippen molar-refractivity contribution >= 4 is 6.03 Å². The molecule has 0 bridgehead atoms. The lowest BCUT2D eigenvalue weighted by Crippen LogP contribution is -2.48. The van der Waals surface area contributed by atoms with Gasteiger partial charge in [0.2, 0.25) is 0 Å². The maximum Gasteiger partial charge on any atom is 0.329 e. The van der Waals surface area contributed by atoms with E-state index in [4.69, 9.17) is 5.84 Å². The van der Waals surface area contributed by atoms with E-state index in [1.165, 1.54) is 12.8 Å². The van der Waals surface area contributed by atoms with Crippen LogP contribution in [0.4, 0.5) is 4.79 Å². The summed E-state index contributed by atoms with van der Waals surface area (Å²) in [7, 11) is 0. The van der Waals surface area contributed by atoms with Gasteiger partial charge in [0.15, 0.2) is 0 Å². The maximum atomic E-state index is 11.0. The minimum atomic E-state index is -0.272. The Labute approximate surface area is 79.2 Å². The molecule has 13 heavy (non-hydrogen) atoms. The van der Waals surface area contributed by atoms with Crippen LogP contribution in [0.15, 0.2) is 0 Å². The normalized spacial score (nSPS) is 33.9. The van der Waals surface area contributed by atoms with Crippen molar-refractivity contribution in [3.63, 3.8) is 0 Å². The van der Waals surface area contributed by atoms with Gasteiger partial charge in [-0.15, -0.1) is 0 Å². The van der Waals surface area contributed by atoms with Crippen molar-refractivity contribution in [2.75, 3.05) is 0 Å². The van der Waals surface area contributed by atoms with Gasteiger partial charge >= 0.3 is 6.03 Å². The van der Waals surface area contributed by atoms with Crippen LogP contribution in [0.5, 0.6) is 0 Å². The Hall–Kier alpha value is -0.770. The van der Waals surface area contributed by atoms with Gasteiger partial charge in [0.05, 0.1) is 0 Å².